The molecule has 2 N–H and O–H groups in total. The third-order valence-corrected chi connectivity index (χ3v) is 2.07. The van der Waals surface area contributed by atoms with Gasteiger partial charge in [0.1, 0.15) is 5.56 Å². The van der Waals surface area contributed by atoms with Crippen molar-refractivity contribution in [1.82, 2.24) is 4.98 Å². The standard InChI is InChI=1S/C8H4ClF4NO3.CH3.Na/c9-8(12,13)7(10,11)4-2-1-3(6(16)17)5(15)14-4;;/h1-2H,(H,14,15)(H,16,17);1H3;/q;-1;+1. The van der Waals surface area contributed by atoms with E-state index in [4.69, 9.17) is 5.11 Å². The number of alkyl halides is 5. The number of aromatic carboxylic acids is 1. The Morgan fingerprint density at radius 1 is 1.26 bits per heavy atom. The van der Waals surface area contributed by atoms with Gasteiger partial charge in [0.05, 0.1) is 5.69 Å². The van der Waals surface area contributed by atoms with E-state index in [9.17, 15) is 27.2 Å². The zero-order chi connectivity index (χ0) is 13.4. The van der Waals surface area contributed by atoms with Crippen LogP contribution in [0.1, 0.15) is 16.1 Å². The minimum Gasteiger partial charge on any atom is -0.477 e. The number of aromatic amines is 1. The Morgan fingerprint density at radius 3 is 2.05 bits per heavy atom. The van der Waals surface area contributed by atoms with E-state index in [0.717, 1.165) is 0 Å². The van der Waals surface area contributed by atoms with Crippen molar-refractivity contribution < 1.29 is 57.0 Å². The minimum absolute atomic E-state index is 0. The van der Waals surface area contributed by atoms with Crippen LogP contribution in [0.15, 0.2) is 16.9 Å². The molecular weight excluding hydrogens is 305 g/mol. The van der Waals surface area contributed by atoms with Crippen molar-refractivity contribution in [3.63, 3.8) is 0 Å². The molecule has 0 saturated carbocycles. The first-order valence-electron chi connectivity index (χ1n) is 3.99. The van der Waals surface area contributed by atoms with Crippen molar-refractivity contribution in [2.75, 3.05) is 0 Å². The van der Waals surface area contributed by atoms with Gasteiger partial charge in [-0.3, -0.25) is 4.79 Å². The number of carboxylic acid groups (broad SMARTS) is 1. The number of hydrogen-bond acceptors (Lipinski definition) is 2. The SMILES string of the molecule is O=C(O)c1ccc(C(F)(F)C(F)(F)Cl)[nH]c1=O.[CH3-].[Na+]. The zero-order valence-corrected chi connectivity index (χ0v) is 12.6. The first kappa shape index (κ1) is 20.7. The van der Waals surface area contributed by atoms with Gasteiger partial charge in [-0.05, 0) is 23.7 Å². The molecule has 0 amide bonds. The topological polar surface area (TPSA) is 70.2 Å². The van der Waals surface area contributed by atoms with Gasteiger partial charge in [-0.25, -0.2) is 4.79 Å². The van der Waals surface area contributed by atoms with E-state index in [1.807, 2.05) is 0 Å². The van der Waals surface area contributed by atoms with Crippen molar-refractivity contribution in [2.24, 2.45) is 0 Å². The molecule has 0 atom stereocenters. The molecule has 0 fully saturated rings. The number of H-pyrrole nitrogens is 1. The molecule has 1 aromatic rings. The molecule has 0 spiro atoms. The van der Waals surface area contributed by atoms with E-state index in [-0.39, 0.29) is 37.0 Å². The smallest absolute Gasteiger partial charge is 0.477 e. The van der Waals surface area contributed by atoms with Crippen LogP contribution in [-0.2, 0) is 5.92 Å². The van der Waals surface area contributed by atoms with Crippen LogP contribution in [0.3, 0.4) is 0 Å². The number of nitrogens with one attached hydrogen (secondary N) is 1. The summed E-state index contributed by atoms with van der Waals surface area (Å²) in [4.78, 5) is 22.7. The van der Waals surface area contributed by atoms with Crippen molar-refractivity contribution >= 4 is 17.6 Å². The molecule has 0 radical (unpaired) electrons. The summed E-state index contributed by atoms with van der Waals surface area (Å²) < 4.78 is 50.7. The number of halogens is 5. The fraction of sp³-hybridized carbons (Fsp3) is 0.222. The van der Waals surface area contributed by atoms with Crippen molar-refractivity contribution in [3.05, 3.63) is 41.2 Å². The molecule has 0 aliphatic heterocycles. The molecule has 1 rings (SSSR count). The minimum atomic E-state index is -4.90. The fourth-order valence-electron chi connectivity index (χ4n) is 0.978. The largest absolute Gasteiger partial charge is 1.00 e. The molecule has 0 aliphatic carbocycles. The van der Waals surface area contributed by atoms with Gasteiger partial charge < -0.3 is 17.5 Å². The molecule has 4 nitrogen and oxygen atoms in total. The van der Waals surface area contributed by atoms with E-state index in [1.165, 1.54) is 4.98 Å². The summed E-state index contributed by atoms with van der Waals surface area (Å²) in [7, 11) is 0. The van der Waals surface area contributed by atoms with E-state index < -0.39 is 34.1 Å². The third kappa shape index (κ3) is 4.20. The molecule has 0 aliphatic rings. The van der Waals surface area contributed by atoms with Gasteiger partial charge in [-0.15, -0.1) is 0 Å². The molecule has 0 bridgehead atoms. The van der Waals surface area contributed by atoms with Gasteiger partial charge in [-0.2, -0.15) is 17.6 Å². The second-order valence-electron chi connectivity index (χ2n) is 2.99. The average Bonchev–Trinajstić information content (AvgIpc) is 2.14. The maximum absolute atomic E-state index is 13.0. The molecule has 0 aromatic carbocycles. The van der Waals surface area contributed by atoms with E-state index in [1.54, 1.807) is 0 Å². The predicted octanol–water partition coefficient (Wildman–Crippen LogP) is -0.549. The summed E-state index contributed by atoms with van der Waals surface area (Å²) in [5.41, 5.74) is -3.73. The van der Waals surface area contributed by atoms with E-state index >= 15 is 0 Å². The Morgan fingerprint density at radius 2 is 1.74 bits per heavy atom. The molecule has 0 saturated heterocycles. The summed E-state index contributed by atoms with van der Waals surface area (Å²) >= 11 is 4.19. The Bertz CT molecular complexity index is 515. The number of rotatable bonds is 3. The summed E-state index contributed by atoms with van der Waals surface area (Å²) in [5.74, 6) is -6.48. The average molecular weight is 312 g/mol. The van der Waals surface area contributed by atoms with Crippen LogP contribution in [0.5, 0.6) is 0 Å². The normalized spacial score (nSPS) is 11.2. The van der Waals surface area contributed by atoms with Crippen LogP contribution >= 0.6 is 11.6 Å². The number of carboxylic acids is 1. The Kier molecular flexibility index (Phi) is 7.35. The summed E-state index contributed by atoms with van der Waals surface area (Å²) in [5, 5.41) is 3.54. The number of hydrogen-bond donors (Lipinski definition) is 2. The molecule has 102 valence electrons. The van der Waals surface area contributed by atoms with Crippen LogP contribution in [0.4, 0.5) is 17.6 Å². The van der Waals surface area contributed by atoms with Crippen LogP contribution in [-0.4, -0.2) is 21.4 Å². The fourth-order valence-corrected chi connectivity index (χ4v) is 1.08. The summed E-state index contributed by atoms with van der Waals surface area (Å²) in [6, 6.07) is 0.855. The monoisotopic (exact) mass is 311 g/mol. The van der Waals surface area contributed by atoms with Crippen molar-refractivity contribution in [1.29, 1.82) is 0 Å². The van der Waals surface area contributed by atoms with Gasteiger partial charge in [0.2, 0.25) is 0 Å². The molecule has 10 heteroatoms. The third-order valence-electron chi connectivity index (χ3n) is 1.83. The van der Waals surface area contributed by atoms with Crippen LogP contribution in [0.2, 0.25) is 0 Å². The van der Waals surface area contributed by atoms with Crippen LogP contribution in [0.25, 0.3) is 0 Å². The van der Waals surface area contributed by atoms with Gasteiger partial charge in [0, 0.05) is 0 Å². The molecular formula is C9H7ClF4NNaO3. The van der Waals surface area contributed by atoms with Crippen molar-refractivity contribution in [3.8, 4) is 0 Å². The van der Waals surface area contributed by atoms with Gasteiger partial charge in [0.15, 0.2) is 0 Å². The molecule has 19 heavy (non-hydrogen) atoms. The van der Waals surface area contributed by atoms with E-state index in [2.05, 4.69) is 11.6 Å². The van der Waals surface area contributed by atoms with E-state index in [0.29, 0.717) is 12.1 Å². The van der Waals surface area contributed by atoms with Gasteiger partial charge >= 0.3 is 46.8 Å². The Balaban J connectivity index is 0. The summed E-state index contributed by atoms with van der Waals surface area (Å²) in [6.07, 6.45) is 0. The zero-order valence-electron chi connectivity index (χ0n) is 9.81. The van der Waals surface area contributed by atoms with Crippen LogP contribution in [0, 0.1) is 7.43 Å². The maximum atomic E-state index is 13.0. The van der Waals surface area contributed by atoms with Crippen molar-refractivity contribution in [2.45, 2.75) is 11.3 Å². The molecule has 1 aromatic heterocycles. The molecule has 1 heterocycles. The quantitative estimate of drug-likeness (QED) is 0.341. The second kappa shape index (κ2) is 6.74. The summed E-state index contributed by atoms with van der Waals surface area (Å²) in [6.45, 7) is 0. The number of aromatic nitrogens is 1. The van der Waals surface area contributed by atoms with Crippen LogP contribution < -0.4 is 35.1 Å². The van der Waals surface area contributed by atoms with Gasteiger partial charge in [0.25, 0.3) is 5.56 Å². The first-order valence-corrected chi connectivity index (χ1v) is 4.37. The predicted molar refractivity (Wildman–Crippen MR) is 55.1 cm³/mol. The van der Waals surface area contributed by atoms with Gasteiger partial charge in [-0.1, -0.05) is 0 Å². The maximum Gasteiger partial charge on any atom is 1.00 e. The Labute approximate surface area is 132 Å². The first-order chi connectivity index (χ1) is 7.57. The number of pyridine rings is 1. The second-order valence-corrected chi connectivity index (χ2v) is 3.47. The molecule has 0 unspecified atom stereocenters. The number of carbonyl (C=O) groups is 1. The Hall–Kier alpha value is -0.570.